The first-order valence-electron chi connectivity index (χ1n) is 8.91. The van der Waals surface area contributed by atoms with E-state index in [1.165, 1.54) is 57.2 Å². The molecule has 1 aromatic carbocycles. The number of piperidine rings is 1. The molecule has 3 unspecified atom stereocenters. The number of nitrogens with one attached hydrogen (secondary N) is 1. The number of benzene rings is 1. The maximum atomic E-state index is 3.70. The summed E-state index contributed by atoms with van der Waals surface area (Å²) in [5.41, 5.74) is 1.44. The number of hydrogen-bond donors (Lipinski definition) is 1. The van der Waals surface area contributed by atoms with Crippen LogP contribution in [0.1, 0.15) is 57.1 Å². The molecular weight excluding hydrogens is 256 g/mol. The first kappa shape index (κ1) is 15.1. The van der Waals surface area contributed by atoms with Gasteiger partial charge in [0.15, 0.2) is 0 Å². The summed E-state index contributed by atoms with van der Waals surface area (Å²) in [6.45, 7) is 5.74. The lowest BCUT2D eigenvalue weighted by Crippen LogP contribution is -2.49. The number of nitrogens with zero attached hydrogens (tertiary/aromatic N) is 1. The van der Waals surface area contributed by atoms with Gasteiger partial charge >= 0.3 is 0 Å². The third-order valence-electron chi connectivity index (χ3n) is 5.43. The lowest BCUT2D eigenvalue weighted by Gasteiger charge is -2.45. The SMILES string of the molecule is CCNC(CN1CCCC2CCCCC21)c1ccccc1. The third kappa shape index (κ3) is 3.67. The first-order valence-corrected chi connectivity index (χ1v) is 8.91. The van der Waals surface area contributed by atoms with Crippen molar-refractivity contribution in [2.75, 3.05) is 19.6 Å². The Labute approximate surface area is 129 Å². The van der Waals surface area contributed by atoms with Crippen molar-refractivity contribution in [3.05, 3.63) is 35.9 Å². The highest BCUT2D eigenvalue weighted by Gasteiger charge is 2.34. The smallest absolute Gasteiger partial charge is 0.0449 e. The highest BCUT2D eigenvalue weighted by atomic mass is 15.2. The van der Waals surface area contributed by atoms with Crippen molar-refractivity contribution in [3.8, 4) is 0 Å². The lowest BCUT2D eigenvalue weighted by molar-refractivity contribution is 0.0529. The van der Waals surface area contributed by atoms with E-state index < -0.39 is 0 Å². The Bertz CT molecular complexity index is 415. The van der Waals surface area contributed by atoms with Gasteiger partial charge in [0, 0.05) is 18.6 Å². The standard InChI is InChI=1S/C19H30N2/c1-2-20-18(16-9-4-3-5-10-16)15-21-14-8-12-17-11-6-7-13-19(17)21/h3-5,9-10,17-20H,2,6-8,11-15H2,1H3. The average molecular weight is 286 g/mol. The summed E-state index contributed by atoms with van der Waals surface area (Å²) in [6, 6.07) is 12.3. The molecule has 2 fully saturated rings. The van der Waals surface area contributed by atoms with Gasteiger partial charge in [-0.25, -0.2) is 0 Å². The molecule has 1 aliphatic carbocycles. The van der Waals surface area contributed by atoms with Gasteiger partial charge < -0.3 is 5.32 Å². The minimum Gasteiger partial charge on any atom is -0.309 e. The van der Waals surface area contributed by atoms with Gasteiger partial charge in [0.25, 0.3) is 0 Å². The summed E-state index contributed by atoms with van der Waals surface area (Å²) in [4.78, 5) is 2.80. The predicted molar refractivity (Wildman–Crippen MR) is 89.4 cm³/mol. The monoisotopic (exact) mass is 286 g/mol. The highest BCUT2D eigenvalue weighted by Crippen LogP contribution is 2.36. The number of likely N-dealkylation sites (tertiary alicyclic amines) is 1. The Kier molecular flexibility index (Phi) is 5.32. The van der Waals surface area contributed by atoms with Crippen molar-refractivity contribution in [3.63, 3.8) is 0 Å². The molecule has 1 saturated heterocycles. The molecule has 0 spiro atoms. The minimum absolute atomic E-state index is 0.483. The molecule has 0 aromatic heterocycles. The largest absolute Gasteiger partial charge is 0.309 e. The molecule has 2 heteroatoms. The zero-order valence-corrected chi connectivity index (χ0v) is 13.4. The molecule has 2 nitrogen and oxygen atoms in total. The molecule has 2 aliphatic rings. The summed E-state index contributed by atoms with van der Waals surface area (Å²) in [5, 5.41) is 3.70. The summed E-state index contributed by atoms with van der Waals surface area (Å²) in [7, 11) is 0. The molecule has 3 atom stereocenters. The normalized spacial score (nSPS) is 28.0. The van der Waals surface area contributed by atoms with E-state index in [1.54, 1.807) is 0 Å². The van der Waals surface area contributed by atoms with Crippen LogP contribution < -0.4 is 5.32 Å². The van der Waals surface area contributed by atoms with Crippen LogP contribution in [-0.2, 0) is 0 Å². The Morgan fingerprint density at radius 1 is 1.10 bits per heavy atom. The second kappa shape index (κ2) is 7.42. The lowest BCUT2D eigenvalue weighted by atomic mass is 9.78. The highest BCUT2D eigenvalue weighted by molar-refractivity contribution is 5.19. The Morgan fingerprint density at radius 2 is 1.86 bits per heavy atom. The molecular formula is C19H30N2. The molecule has 1 saturated carbocycles. The van der Waals surface area contributed by atoms with E-state index in [4.69, 9.17) is 0 Å². The maximum absolute atomic E-state index is 3.70. The van der Waals surface area contributed by atoms with Gasteiger partial charge in [0.05, 0.1) is 0 Å². The van der Waals surface area contributed by atoms with Crippen LogP contribution in [0.5, 0.6) is 0 Å². The Morgan fingerprint density at radius 3 is 2.67 bits per heavy atom. The second-order valence-electron chi connectivity index (χ2n) is 6.77. The molecule has 3 rings (SSSR count). The predicted octanol–water partition coefficient (Wildman–Crippen LogP) is 3.99. The number of hydrogen-bond acceptors (Lipinski definition) is 2. The van der Waals surface area contributed by atoms with Crippen LogP contribution in [0.25, 0.3) is 0 Å². The topological polar surface area (TPSA) is 15.3 Å². The van der Waals surface area contributed by atoms with E-state index in [0.717, 1.165) is 18.5 Å². The summed E-state index contributed by atoms with van der Waals surface area (Å²) in [6.07, 6.45) is 8.67. The van der Waals surface area contributed by atoms with E-state index in [1.807, 2.05) is 0 Å². The molecule has 21 heavy (non-hydrogen) atoms. The van der Waals surface area contributed by atoms with Crippen LogP contribution in [0, 0.1) is 5.92 Å². The van der Waals surface area contributed by atoms with Crippen molar-refractivity contribution < 1.29 is 0 Å². The van der Waals surface area contributed by atoms with E-state index in [9.17, 15) is 0 Å². The van der Waals surface area contributed by atoms with Crippen molar-refractivity contribution in [2.45, 2.75) is 57.5 Å². The fourth-order valence-corrected chi connectivity index (χ4v) is 4.41. The van der Waals surface area contributed by atoms with Gasteiger partial charge in [0.2, 0.25) is 0 Å². The zero-order chi connectivity index (χ0) is 14.5. The minimum atomic E-state index is 0.483. The van der Waals surface area contributed by atoms with Crippen LogP contribution in [0.2, 0.25) is 0 Å². The molecule has 116 valence electrons. The number of rotatable bonds is 5. The van der Waals surface area contributed by atoms with E-state index in [2.05, 4.69) is 47.5 Å². The van der Waals surface area contributed by atoms with Gasteiger partial charge in [-0.2, -0.15) is 0 Å². The van der Waals surface area contributed by atoms with Crippen LogP contribution in [0.15, 0.2) is 30.3 Å². The Hall–Kier alpha value is -0.860. The molecule has 0 bridgehead atoms. The van der Waals surface area contributed by atoms with Crippen LogP contribution in [-0.4, -0.2) is 30.6 Å². The van der Waals surface area contributed by atoms with Gasteiger partial charge in [-0.15, -0.1) is 0 Å². The van der Waals surface area contributed by atoms with E-state index >= 15 is 0 Å². The van der Waals surface area contributed by atoms with Gasteiger partial charge in [-0.1, -0.05) is 50.1 Å². The molecule has 1 N–H and O–H groups in total. The van der Waals surface area contributed by atoms with Crippen LogP contribution in [0.3, 0.4) is 0 Å². The van der Waals surface area contributed by atoms with Crippen molar-refractivity contribution in [2.24, 2.45) is 5.92 Å². The van der Waals surface area contributed by atoms with Crippen LogP contribution in [0.4, 0.5) is 0 Å². The summed E-state index contributed by atoms with van der Waals surface area (Å²) >= 11 is 0. The molecule has 1 heterocycles. The zero-order valence-electron chi connectivity index (χ0n) is 13.4. The van der Waals surface area contributed by atoms with Crippen molar-refractivity contribution in [1.29, 1.82) is 0 Å². The molecule has 1 aliphatic heterocycles. The first-order chi connectivity index (χ1) is 10.4. The fourth-order valence-electron chi connectivity index (χ4n) is 4.41. The second-order valence-corrected chi connectivity index (χ2v) is 6.77. The molecule has 0 amide bonds. The summed E-state index contributed by atoms with van der Waals surface area (Å²) in [5.74, 6) is 0.977. The van der Waals surface area contributed by atoms with Crippen molar-refractivity contribution in [1.82, 2.24) is 10.2 Å². The van der Waals surface area contributed by atoms with Gasteiger partial charge in [0.1, 0.15) is 0 Å². The van der Waals surface area contributed by atoms with Crippen LogP contribution >= 0.6 is 0 Å². The van der Waals surface area contributed by atoms with Crippen molar-refractivity contribution >= 4 is 0 Å². The molecule has 0 radical (unpaired) electrons. The maximum Gasteiger partial charge on any atom is 0.0449 e. The van der Waals surface area contributed by atoms with E-state index in [0.29, 0.717) is 6.04 Å². The quantitative estimate of drug-likeness (QED) is 0.880. The number of fused-ring (bicyclic) bond motifs is 1. The van der Waals surface area contributed by atoms with Gasteiger partial charge in [-0.3, -0.25) is 4.90 Å². The van der Waals surface area contributed by atoms with Gasteiger partial charge in [-0.05, 0) is 50.3 Å². The summed E-state index contributed by atoms with van der Waals surface area (Å²) < 4.78 is 0. The number of likely N-dealkylation sites (N-methyl/N-ethyl adjacent to an activating group) is 1. The molecule has 1 aromatic rings. The Balaban J connectivity index is 1.69. The fraction of sp³-hybridized carbons (Fsp3) is 0.684. The van der Waals surface area contributed by atoms with E-state index in [-0.39, 0.29) is 0 Å². The third-order valence-corrected chi connectivity index (χ3v) is 5.43. The average Bonchev–Trinajstić information content (AvgIpc) is 2.55.